The van der Waals surface area contributed by atoms with Crippen LogP contribution in [0.2, 0.25) is 15.1 Å². The zero-order chi connectivity index (χ0) is 22.1. The molecule has 5 nitrogen and oxygen atoms in total. The average Bonchev–Trinajstić information content (AvgIpc) is 3.02. The fourth-order valence-corrected chi connectivity index (χ4v) is 4.26. The molecule has 0 spiro atoms. The number of carbonyl (C=O) groups is 1. The Bertz CT molecular complexity index is 1300. The molecule has 0 atom stereocenters. The summed E-state index contributed by atoms with van der Waals surface area (Å²) in [5, 5.41) is 2.08. The van der Waals surface area contributed by atoms with E-state index in [0.717, 1.165) is 17.0 Å². The topological polar surface area (TPSA) is 57.0 Å². The highest BCUT2D eigenvalue weighted by Gasteiger charge is 2.18. The molecule has 0 fully saturated rings. The van der Waals surface area contributed by atoms with Crippen molar-refractivity contribution in [2.45, 2.75) is 20.4 Å². The third kappa shape index (κ3) is 4.40. The van der Waals surface area contributed by atoms with Crippen LogP contribution in [0.15, 0.2) is 48.8 Å². The number of carbonyl (C=O) groups excluding carboxylic acids is 1. The largest absolute Gasteiger partial charge is 0.469 e. The van der Waals surface area contributed by atoms with Gasteiger partial charge in [-0.15, -0.1) is 0 Å². The normalized spacial score (nSPS) is 11.1. The van der Waals surface area contributed by atoms with E-state index in [-0.39, 0.29) is 18.3 Å². The van der Waals surface area contributed by atoms with Gasteiger partial charge in [-0.25, -0.2) is 9.97 Å². The smallest absolute Gasteiger partial charge is 0.225 e. The number of benzene rings is 2. The summed E-state index contributed by atoms with van der Waals surface area (Å²) in [5.74, 6) is 0.103. The van der Waals surface area contributed by atoms with Crippen molar-refractivity contribution in [3.63, 3.8) is 0 Å². The number of ether oxygens (including phenoxy) is 1. The Labute approximate surface area is 194 Å². The van der Waals surface area contributed by atoms with Crippen molar-refractivity contribution in [2.24, 2.45) is 0 Å². The molecule has 0 aliphatic rings. The van der Waals surface area contributed by atoms with Crippen LogP contribution in [0.1, 0.15) is 27.3 Å². The maximum atomic E-state index is 12.9. The Morgan fingerprint density at radius 2 is 1.81 bits per heavy atom. The first kappa shape index (κ1) is 21.6. The van der Waals surface area contributed by atoms with E-state index in [4.69, 9.17) is 39.5 Å². The summed E-state index contributed by atoms with van der Waals surface area (Å²) in [7, 11) is 0. The number of ketones is 1. The SMILES string of the molecule is Cc1cc(C(=O)COc2ncnc3c(Cl)cc(Cl)cc23)c(C)n1Cc1ccccc1Cl. The summed E-state index contributed by atoms with van der Waals surface area (Å²) in [4.78, 5) is 21.2. The number of Topliss-reactive ketones (excluding diaryl/α,β-unsaturated/α-hetero) is 1. The van der Waals surface area contributed by atoms with Crippen LogP contribution in [0, 0.1) is 13.8 Å². The van der Waals surface area contributed by atoms with Crippen LogP contribution >= 0.6 is 34.8 Å². The van der Waals surface area contributed by atoms with Gasteiger partial charge in [0.1, 0.15) is 6.33 Å². The first-order valence-corrected chi connectivity index (χ1v) is 10.6. The molecule has 2 aromatic carbocycles. The summed E-state index contributed by atoms with van der Waals surface area (Å²) >= 11 is 18.6. The first-order valence-electron chi connectivity index (χ1n) is 9.51. The maximum Gasteiger partial charge on any atom is 0.225 e. The van der Waals surface area contributed by atoms with Crippen LogP contribution in [0.3, 0.4) is 0 Å². The van der Waals surface area contributed by atoms with Crippen LogP contribution in [-0.2, 0) is 6.54 Å². The Balaban J connectivity index is 1.56. The number of halogens is 3. The Hall–Kier alpha value is -2.60. The number of fused-ring (bicyclic) bond motifs is 1. The van der Waals surface area contributed by atoms with Crippen molar-refractivity contribution in [3.05, 3.63) is 86.4 Å². The third-order valence-corrected chi connectivity index (χ3v) is 6.00. The maximum absolute atomic E-state index is 12.9. The summed E-state index contributed by atoms with van der Waals surface area (Å²) < 4.78 is 7.80. The quantitative estimate of drug-likeness (QED) is 0.307. The number of rotatable bonds is 6. The molecule has 0 unspecified atom stereocenters. The molecule has 0 aliphatic heterocycles. The van der Waals surface area contributed by atoms with E-state index in [9.17, 15) is 4.79 Å². The summed E-state index contributed by atoms with van der Waals surface area (Å²) in [6.07, 6.45) is 1.34. The van der Waals surface area contributed by atoms with Gasteiger partial charge in [-0.1, -0.05) is 53.0 Å². The van der Waals surface area contributed by atoms with E-state index >= 15 is 0 Å². The van der Waals surface area contributed by atoms with Gasteiger partial charge in [-0.3, -0.25) is 4.79 Å². The van der Waals surface area contributed by atoms with E-state index in [0.29, 0.717) is 38.1 Å². The second-order valence-corrected chi connectivity index (χ2v) is 8.39. The number of aromatic nitrogens is 3. The van der Waals surface area contributed by atoms with Gasteiger partial charge in [-0.2, -0.15) is 0 Å². The molecular formula is C23H18Cl3N3O2. The lowest BCUT2D eigenvalue weighted by molar-refractivity contribution is 0.0918. The van der Waals surface area contributed by atoms with Crippen LogP contribution < -0.4 is 4.74 Å². The zero-order valence-corrected chi connectivity index (χ0v) is 19.1. The van der Waals surface area contributed by atoms with Gasteiger partial charge in [0, 0.05) is 33.5 Å². The highest BCUT2D eigenvalue weighted by molar-refractivity contribution is 6.38. The van der Waals surface area contributed by atoms with E-state index in [1.165, 1.54) is 6.33 Å². The van der Waals surface area contributed by atoms with E-state index < -0.39 is 0 Å². The van der Waals surface area contributed by atoms with Gasteiger partial charge in [0.2, 0.25) is 11.7 Å². The third-order valence-electron chi connectivity index (χ3n) is 5.12. The van der Waals surface area contributed by atoms with Gasteiger partial charge < -0.3 is 9.30 Å². The van der Waals surface area contributed by atoms with Crippen molar-refractivity contribution in [1.82, 2.24) is 14.5 Å². The lowest BCUT2D eigenvalue weighted by Crippen LogP contribution is -2.14. The highest BCUT2D eigenvalue weighted by atomic mass is 35.5. The number of hydrogen-bond donors (Lipinski definition) is 0. The summed E-state index contributed by atoms with van der Waals surface area (Å²) in [6.45, 7) is 4.28. The van der Waals surface area contributed by atoms with Crippen LogP contribution in [0.5, 0.6) is 5.88 Å². The monoisotopic (exact) mass is 473 g/mol. The minimum atomic E-state index is -0.174. The number of aryl methyl sites for hydroxylation is 1. The average molecular weight is 475 g/mol. The van der Waals surface area contributed by atoms with Gasteiger partial charge in [0.25, 0.3) is 0 Å². The minimum Gasteiger partial charge on any atom is -0.469 e. The molecule has 2 heterocycles. The lowest BCUT2D eigenvalue weighted by Gasteiger charge is -2.11. The van der Waals surface area contributed by atoms with Crippen molar-refractivity contribution < 1.29 is 9.53 Å². The number of hydrogen-bond acceptors (Lipinski definition) is 4. The van der Waals surface area contributed by atoms with Gasteiger partial charge in [0.15, 0.2) is 6.61 Å². The van der Waals surface area contributed by atoms with Gasteiger partial charge in [-0.05, 0) is 43.7 Å². The van der Waals surface area contributed by atoms with Crippen molar-refractivity contribution in [3.8, 4) is 5.88 Å². The second kappa shape index (κ2) is 8.87. The summed E-state index contributed by atoms with van der Waals surface area (Å²) in [6, 6.07) is 12.8. The Morgan fingerprint density at radius 1 is 1.03 bits per heavy atom. The van der Waals surface area contributed by atoms with Gasteiger partial charge in [0.05, 0.1) is 15.9 Å². The van der Waals surface area contributed by atoms with E-state index in [1.54, 1.807) is 12.1 Å². The molecule has 0 aliphatic carbocycles. The minimum absolute atomic E-state index is 0.154. The first-order chi connectivity index (χ1) is 14.8. The summed E-state index contributed by atoms with van der Waals surface area (Å²) in [5.41, 5.74) is 3.92. The molecular weight excluding hydrogens is 457 g/mol. The van der Waals surface area contributed by atoms with Crippen LogP contribution in [0.4, 0.5) is 0 Å². The molecule has 8 heteroatoms. The van der Waals surface area contributed by atoms with E-state index in [2.05, 4.69) is 14.5 Å². The molecule has 4 rings (SSSR count). The molecule has 0 saturated carbocycles. The second-order valence-electron chi connectivity index (χ2n) is 7.14. The van der Waals surface area contributed by atoms with Crippen molar-refractivity contribution >= 4 is 51.5 Å². The molecule has 158 valence electrons. The van der Waals surface area contributed by atoms with Crippen LogP contribution in [0.25, 0.3) is 10.9 Å². The molecule has 31 heavy (non-hydrogen) atoms. The molecule has 4 aromatic rings. The molecule has 0 saturated heterocycles. The lowest BCUT2D eigenvalue weighted by atomic mass is 10.1. The van der Waals surface area contributed by atoms with Gasteiger partial charge >= 0.3 is 0 Å². The molecule has 0 N–H and O–H groups in total. The fraction of sp³-hybridized carbons (Fsp3) is 0.174. The van der Waals surface area contributed by atoms with Crippen molar-refractivity contribution in [1.29, 1.82) is 0 Å². The fourth-order valence-electron chi connectivity index (χ4n) is 3.52. The molecule has 2 aromatic heterocycles. The molecule has 0 bridgehead atoms. The zero-order valence-electron chi connectivity index (χ0n) is 16.8. The number of nitrogens with zero attached hydrogens (tertiary/aromatic N) is 3. The molecule has 0 radical (unpaired) electrons. The Morgan fingerprint density at radius 3 is 2.58 bits per heavy atom. The van der Waals surface area contributed by atoms with Crippen molar-refractivity contribution in [2.75, 3.05) is 6.61 Å². The van der Waals surface area contributed by atoms with E-state index in [1.807, 2.05) is 44.2 Å². The highest BCUT2D eigenvalue weighted by Crippen LogP contribution is 2.31. The predicted molar refractivity (Wildman–Crippen MR) is 124 cm³/mol. The van der Waals surface area contributed by atoms with Crippen LogP contribution in [-0.4, -0.2) is 26.9 Å². The molecule has 0 amide bonds. The Kier molecular flexibility index (Phi) is 6.19. The standard InChI is InChI=1S/C23H18Cl3N3O2/c1-13-7-17(14(2)29(13)10-15-5-3-4-6-19(15)25)21(30)11-31-23-18-8-16(24)9-20(26)22(18)27-12-28-23/h3-9,12H,10-11H2,1-2H3. The predicted octanol–water partition coefficient (Wildman–Crippen LogP) is 6.32.